The van der Waals surface area contributed by atoms with E-state index in [0.29, 0.717) is 29.0 Å². The van der Waals surface area contributed by atoms with Crippen LogP contribution in [-0.4, -0.2) is 66.3 Å². The van der Waals surface area contributed by atoms with Crippen molar-refractivity contribution in [3.8, 4) is 0 Å². The van der Waals surface area contributed by atoms with Gasteiger partial charge in [0.15, 0.2) is 0 Å². The molecule has 2 aliphatic rings. The SMILES string of the molecule is CCCCNc1ncc(C(=N)c2ccc(N3CCOCC3)cc2)c(NCC2CCC(O)CC2)n1. The van der Waals surface area contributed by atoms with Gasteiger partial charge in [-0.2, -0.15) is 4.98 Å². The van der Waals surface area contributed by atoms with Crippen LogP contribution < -0.4 is 15.5 Å². The molecule has 0 atom stereocenters. The minimum atomic E-state index is -0.158. The van der Waals surface area contributed by atoms with E-state index in [2.05, 4.69) is 39.6 Å². The lowest BCUT2D eigenvalue weighted by molar-refractivity contribution is 0.111. The summed E-state index contributed by atoms with van der Waals surface area (Å²) in [4.78, 5) is 11.5. The first-order chi connectivity index (χ1) is 16.6. The molecule has 1 saturated carbocycles. The van der Waals surface area contributed by atoms with Crippen molar-refractivity contribution in [3.05, 3.63) is 41.6 Å². The minimum Gasteiger partial charge on any atom is -0.393 e. The van der Waals surface area contributed by atoms with Crippen LogP contribution in [0.3, 0.4) is 0 Å². The van der Waals surface area contributed by atoms with E-state index in [-0.39, 0.29) is 6.10 Å². The molecule has 0 spiro atoms. The molecule has 0 unspecified atom stereocenters. The van der Waals surface area contributed by atoms with Crippen molar-refractivity contribution in [1.82, 2.24) is 9.97 Å². The second-order valence-electron chi connectivity index (χ2n) is 9.31. The van der Waals surface area contributed by atoms with Crippen molar-refractivity contribution < 1.29 is 9.84 Å². The molecule has 184 valence electrons. The van der Waals surface area contributed by atoms with Crippen LogP contribution in [0.1, 0.15) is 56.6 Å². The summed E-state index contributed by atoms with van der Waals surface area (Å²) in [6.45, 7) is 7.06. The number of unbranched alkanes of at least 4 members (excludes halogenated alkanes) is 1. The molecule has 2 aromatic rings. The van der Waals surface area contributed by atoms with Gasteiger partial charge in [0.1, 0.15) is 5.82 Å². The van der Waals surface area contributed by atoms with E-state index < -0.39 is 0 Å². The van der Waals surface area contributed by atoms with Gasteiger partial charge in [-0.1, -0.05) is 25.5 Å². The quantitative estimate of drug-likeness (QED) is 0.311. The van der Waals surface area contributed by atoms with Gasteiger partial charge in [-0.05, 0) is 50.2 Å². The van der Waals surface area contributed by atoms with Gasteiger partial charge in [0.2, 0.25) is 5.95 Å². The molecule has 1 aromatic heterocycles. The van der Waals surface area contributed by atoms with Gasteiger partial charge in [-0.3, -0.25) is 5.41 Å². The van der Waals surface area contributed by atoms with E-state index in [1.54, 1.807) is 6.20 Å². The van der Waals surface area contributed by atoms with E-state index in [4.69, 9.17) is 15.1 Å². The molecule has 0 bridgehead atoms. The van der Waals surface area contributed by atoms with Gasteiger partial charge in [-0.15, -0.1) is 0 Å². The summed E-state index contributed by atoms with van der Waals surface area (Å²) in [6.07, 6.45) is 7.50. The van der Waals surface area contributed by atoms with Gasteiger partial charge in [-0.25, -0.2) is 4.98 Å². The van der Waals surface area contributed by atoms with E-state index in [1.807, 2.05) is 12.1 Å². The summed E-state index contributed by atoms with van der Waals surface area (Å²) >= 11 is 0. The van der Waals surface area contributed by atoms with Crippen molar-refractivity contribution in [2.45, 2.75) is 51.6 Å². The summed E-state index contributed by atoms with van der Waals surface area (Å²) in [7, 11) is 0. The van der Waals surface area contributed by atoms with Crippen molar-refractivity contribution in [3.63, 3.8) is 0 Å². The Morgan fingerprint density at radius 2 is 1.85 bits per heavy atom. The highest BCUT2D eigenvalue weighted by atomic mass is 16.5. The topological polar surface area (TPSA) is 106 Å². The zero-order valence-corrected chi connectivity index (χ0v) is 20.2. The van der Waals surface area contributed by atoms with Crippen LogP contribution in [0.2, 0.25) is 0 Å². The Bertz CT molecular complexity index is 921. The molecule has 8 heteroatoms. The Morgan fingerprint density at radius 3 is 2.56 bits per heavy atom. The lowest BCUT2D eigenvalue weighted by atomic mass is 9.87. The highest BCUT2D eigenvalue weighted by molar-refractivity contribution is 6.13. The van der Waals surface area contributed by atoms with E-state index in [9.17, 15) is 5.11 Å². The Hall–Kier alpha value is -2.71. The maximum absolute atomic E-state index is 9.81. The van der Waals surface area contributed by atoms with Gasteiger partial charge in [0.25, 0.3) is 0 Å². The summed E-state index contributed by atoms with van der Waals surface area (Å²) in [5, 5.41) is 25.5. The van der Waals surface area contributed by atoms with Crippen LogP contribution in [0.4, 0.5) is 17.5 Å². The standard InChI is InChI=1S/C26H38N6O2/c1-2-3-12-28-26-30-18-23(25(31-26)29-17-19-4-10-22(33)11-5-19)24(27)20-6-8-21(9-7-20)32-13-15-34-16-14-32/h6-9,18-19,22,27,33H,2-5,10-17H2,1H3,(H2,28,29,30,31). The number of hydrogen-bond acceptors (Lipinski definition) is 8. The number of aromatic nitrogens is 2. The van der Waals surface area contributed by atoms with Crippen LogP contribution in [0, 0.1) is 11.3 Å². The number of morpholine rings is 1. The second kappa shape index (κ2) is 12.1. The number of hydrogen-bond donors (Lipinski definition) is 4. The third kappa shape index (κ3) is 6.45. The average Bonchev–Trinajstić information content (AvgIpc) is 2.89. The molecule has 34 heavy (non-hydrogen) atoms. The fraction of sp³-hybridized carbons (Fsp3) is 0.577. The van der Waals surface area contributed by atoms with Gasteiger partial charge >= 0.3 is 0 Å². The van der Waals surface area contributed by atoms with Crippen molar-refractivity contribution in [2.75, 3.05) is 54.9 Å². The van der Waals surface area contributed by atoms with Crippen LogP contribution in [0.15, 0.2) is 30.5 Å². The highest BCUT2D eigenvalue weighted by Gasteiger charge is 2.21. The molecule has 2 heterocycles. The molecule has 0 radical (unpaired) electrons. The minimum absolute atomic E-state index is 0.158. The van der Waals surface area contributed by atoms with E-state index in [0.717, 1.165) is 89.2 Å². The first kappa shape index (κ1) is 24.4. The third-order valence-electron chi connectivity index (χ3n) is 6.78. The fourth-order valence-electron chi connectivity index (χ4n) is 4.57. The van der Waals surface area contributed by atoms with Crippen molar-refractivity contribution in [2.24, 2.45) is 5.92 Å². The summed E-state index contributed by atoms with van der Waals surface area (Å²) in [6, 6.07) is 8.17. The zero-order chi connectivity index (χ0) is 23.8. The molecule has 1 aliphatic carbocycles. The largest absolute Gasteiger partial charge is 0.393 e. The normalized spacial score (nSPS) is 20.7. The molecular weight excluding hydrogens is 428 g/mol. The first-order valence-electron chi connectivity index (χ1n) is 12.7. The number of aliphatic hydroxyl groups excluding tert-OH is 1. The van der Waals surface area contributed by atoms with Crippen LogP contribution >= 0.6 is 0 Å². The van der Waals surface area contributed by atoms with Crippen LogP contribution in [-0.2, 0) is 4.74 Å². The van der Waals surface area contributed by atoms with E-state index in [1.165, 1.54) is 0 Å². The van der Waals surface area contributed by atoms with Crippen molar-refractivity contribution >= 4 is 23.2 Å². The lowest BCUT2D eigenvalue weighted by Crippen LogP contribution is -2.36. The number of aliphatic hydroxyl groups is 1. The number of benzene rings is 1. The molecular formula is C26H38N6O2. The van der Waals surface area contributed by atoms with Crippen LogP contribution in [0.25, 0.3) is 0 Å². The second-order valence-corrected chi connectivity index (χ2v) is 9.31. The van der Waals surface area contributed by atoms with Gasteiger partial charge < -0.3 is 25.4 Å². The third-order valence-corrected chi connectivity index (χ3v) is 6.78. The Kier molecular flexibility index (Phi) is 8.71. The van der Waals surface area contributed by atoms with Crippen LogP contribution in [0.5, 0.6) is 0 Å². The lowest BCUT2D eigenvalue weighted by Gasteiger charge is -2.29. The number of rotatable bonds is 10. The summed E-state index contributed by atoms with van der Waals surface area (Å²) in [5.74, 6) is 1.79. The average molecular weight is 467 g/mol. The monoisotopic (exact) mass is 466 g/mol. The smallest absolute Gasteiger partial charge is 0.224 e. The molecule has 1 saturated heterocycles. The highest BCUT2D eigenvalue weighted by Crippen LogP contribution is 2.26. The number of nitrogens with one attached hydrogen (secondary N) is 3. The van der Waals surface area contributed by atoms with E-state index >= 15 is 0 Å². The Balaban J connectivity index is 1.49. The molecule has 1 aromatic carbocycles. The number of anilines is 3. The number of ether oxygens (including phenoxy) is 1. The maximum atomic E-state index is 9.81. The molecule has 2 fully saturated rings. The van der Waals surface area contributed by atoms with Gasteiger partial charge in [0.05, 0.1) is 30.6 Å². The predicted molar refractivity (Wildman–Crippen MR) is 137 cm³/mol. The zero-order valence-electron chi connectivity index (χ0n) is 20.2. The molecule has 0 amide bonds. The molecule has 4 N–H and O–H groups in total. The van der Waals surface area contributed by atoms with Gasteiger partial charge in [0, 0.05) is 43.6 Å². The summed E-state index contributed by atoms with van der Waals surface area (Å²) in [5.41, 5.74) is 3.12. The molecule has 8 nitrogen and oxygen atoms in total. The molecule has 1 aliphatic heterocycles. The number of nitrogens with zero attached hydrogens (tertiary/aromatic N) is 3. The summed E-state index contributed by atoms with van der Waals surface area (Å²) < 4.78 is 5.45. The van der Waals surface area contributed by atoms with Crippen molar-refractivity contribution in [1.29, 1.82) is 5.41 Å². The molecule has 4 rings (SSSR count). The fourth-order valence-corrected chi connectivity index (χ4v) is 4.57. The first-order valence-corrected chi connectivity index (χ1v) is 12.7. The maximum Gasteiger partial charge on any atom is 0.224 e. The Morgan fingerprint density at radius 1 is 1.12 bits per heavy atom. The Labute approximate surface area is 202 Å². The predicted octanol–water partition coefficient (Wildman–Crippen LogP) is 3.90.